The zero-order chi connectivity index (χ0) is 26.4. The topological polar surface area (TPSA) is 65.8 Å². The van der Waals surface area contributed by atoms with Crippen molar-refractivity contribution in [2.75, 3.05) is 31.1 Å². The molecule has 1 aliphatic carbocycles. The highest BCUT2D eigenvalue weighted by atomic mass is 35.5. The van der Waals surface area contributed by atoms with Gasteiger partial charge in [-0.2, -0.15) is 0 Å². The molecular weight excluding hydrogens is 510 g/mol. The Balaban J connectivity index is 0.00000308. The molecule has 1 aromatic heterocycles. The first-order valence-electron chi connectivity index (χ1n) is 14.4. The van der Waals surface area contributed by atoms with Crippen molar-refractivity contribution in [3.8, 4) is 11.3 Å². The molecule has 3 heterocycles. The molecule has 208 valence electrons. The Morgan fingerprint density at radius 2 is 1.67 bits per heavy atom. The number of benzene rings is 2. The maximum atomic E-state index is 13.5. The van der Waals surface area contributed by atoms with Crippen LogP contribution in [0.2, 0.25) is 0 Å². The number of rotatable bonds is 4. The van der Waals surface area contributed by atoms with Gasteiger partial charge < -0.3 is 19.5 Å². The molecule has 6 nitrogen and oxygen atoms in total. The lowest BCUT2D eigenvalue weighted by Crippen LogP contribution is -2.47. The van der Waals surface area contributed by atoms with Crippen molar-refractivity contribution in [3.05, 3.63) is 53.6 Å². The number of carbonyl (C=O) groups excluding carboxylic acids is 1. The van der Waals surface area contributed by atoms with Gasteiger partial charge in [0.05, 0.1) is 17.8 Å². The van der Waals surface area contributed by atoms with Crippen molar-refractivity contribution in [1.29, 1.82) is 0 Å². The number of aromatic nitrogens is 1. The second-order valence-electron chi connectivity index (χ2n) is 12.0. The minimum atomic E-state index is -0.895. The van der Waals surface area contributed by atoms with Crippen molar-refractivity contribution < 1.29 is 14.7 Å². The normalized spacial score (nSPS) is 21.6. The molecule has 1 N–H and O–H groups in total. The van der Waals surface area contributed by atoms with Crippen molar-refractivity contribution >= 4 is 40.9 Å². The second kappa shape index (κ2) is 11.2. The van der Waals surface area contributed by atoms with Gasteiger partial charge in [-0.05, 0) is 60.8 Å². The average molecular weight is 550 g/mol. The molecule has 2 aromatic carbocycles. The Morgan fingerprint density at radius 1 is 0.949 bits per heavy atom. The number of likely N-dealkylation sites (tertiary alicyclic amines) is 1. The molecule has 3 aromatic rings. The monoisotopic (exact) mass is 549 g/mol. The Labute approximate surface area is 237 Å². The van der Waals surface area contributed by atoms with Crippen LogP contribution in [-0.2, 0) is 11.3 Å². The fourth-order valence-electron chi connectivity index (χ4n) is 7.42. The largest absolute Gasteiger partial charge is 0.478 e. The second-order valence-corrected chi connectivity index (χ2v) is 12.0. The Bertz CT molecular complexity index is 1370. The highest BCUT2D eigenvalue weighted by molar-refractivity contribution is 6.00. The number of carboxylic acid groups (broad SMARTS) is 1. The van der Waals surface area contributed by atoms with Crippen LogP contribution in [0.15, 0.2) is 42.5 Å². The van der Waals surface area contributed by atoms with Gasteiger partial charge in [0.15, 0.2) is 0 Å². The van der Waals surface area contributed by atoms with Crippen molar-refractivity contribution in [1.82, 2.24) is 9.47 Å². The van der Waals surface area contributed by atoms with Crippen LogP contribution in [0.25, 0.3) is 22.2 Å². The van der Waals surface area contributed by atoms with Gasteiger partial charge in [-0.3, -0.25) is 4.79 Å². The first-order valence-corrected chi connectivity index (χ1v) is 14.4. The lowest BCUT2D eigenvalue weighted by atomic mass is 9.81. The first-order chi connectivity index (χ1) is 18.4. The number of halogens is 1. The van der Waals surface area contributed by atoms with Crippen LogP contribution in [0.3, 0.4) is 0 Å². The van der Waals surface area contributed by atoms with Gasteiger partial charge in [-0.15, -0.1) is 12.4 Å². The van der Waals surface area contributed by atoms with E-state index in [4.69, 9.17) is 0 Å². The van der Waals surface area contributed by atoms with Crippen LogP contribution < -0.4 is 4.90 Å². The number of nitrogens with zero attached hydrogens (tertiary/aromatic N) is 3. The van der Waals surface area contributed by atoms with E-state index in [1.807, 2.05) is 12.1 Å². The predicted molar refractivity (Wildman–Crippen MR) is 159 cm³/mol. The Hall–Kier alpha value is -2.99. The summed E-state index contributed by atoms with van der Waals surface area (Å²) in [4.78, 5) is 29.8. The molecular formula is C32H40ClN3O3. The van der Waals surface area contributed by atoms with E-state index in [1.54, 1.807) is 6.07 Å². The standard InChI is InChI=1S/C32H39N3O3.ClH/c1-21-16-22(2)19-34(18-21)29(36)20-33-14-15-35-28-17-24(32(37)38)12-13-25(28)30(23-8-4-3-5-9-23)31(35)26-10-6-7-11-27(26)33;/h6-7,10-13,17,21-23H,3-5,8-9,14-16,18-20H2,1-2H3,(H,37,38);1H. The molecule has 2 fully saturated rings. The third-order valence-corrected chi connectivity index (χ3v) is 9.01. The quantitative estimate of drug-likeness (QED) is 0.388. The minimum absolute atomic E-state index is 0. The molecule has 1 amide bonds. The zero-order valence-corrected chi connectivity index (χ0v) is 23.9. The molecule has 1 saturated carbocycles. The first kappa shape index (κ1) is 27.6. The number of para-hydroxylation sites is 1. The molecule has 0 bridgehead atoms. The summed E-state index contributed by atoms with van der Waals surface area (Å²) < 4.78 is 2.35. The van der Waals surface area contributed by atoms with E-state index in [0.717, 1.165) is 36.4 Å². The maximum Gasteiger partial charge on any atom is 0.335 e. The SMILES string of the molecule is CC1CC(C)CN(C(=O)CN2CCn3c(c(C4CCCCC4)c4ccc(C(=O)O)cc43)-c3ccccc32)C1.Cl. The van der Waals surface area contributed by atoms with E-state index in [1.165, 1.54) is 55.2 Å². The fourth-order valence-corrected chi connectivity index (χ4v) is 7.42. The number of hydrogen-bond acceptors (Lipinski definition) is 3. The van der Waals surface area contributed by atoms with Crippen LogP contribution >= 0.6 is 12.4 Å². The third-order valence-electron chi connectivity index (χ3n) is 9.01. The molecule has 2 atom stereocenters. The van der Waals surface area contributed by atoms with E-state index < -0.39 is 5.97 Å². The van der Waals surface area contributed by atoms with E-state index in [0.29, 0.717) is 36.4 Å². The number of aromatic carboxylic acids is 1. The molecule has 0 radical (unpaired) electrons. The van der Waals surface area contributed by atoms with Gasteiger partial charge >= 0.3 is 5.97 Å². The molecule has 2 unspecified atom stereocenters. The number of carbonyl (C=O) groups is 2. The fraction of sp³-hybridized carbons (Fsp3) is 0.500. The Morgan fingerprint density at radius 3 is 2.38 bits per heavy atom. The molecule has 2 aliphatic heterocycles. The van der Waals surface area contributed by atoms with Gasteiger partial charge in [0.2, 0.25) is 5.91 Å². The van der Waals surface area contributed by atoms with Crippen molar-refractivity contribution in [2.45, 2.75) is 64.8 Å². The summed E-state index contributed by atoms with van der Waals surface area (Å²) >= 11 is 0. The van der Waals surface area contributed by atoms with Gasteiger partial charge in [0.25, 0.3) is 0 Å². The van der Waals surface area contributed by atoms with Crippen LogP contribution in [0.4, 0.5) is 5.69 Å². The van der Waals surface area contributed by atoms with Crippen LogP contribution in [-0.4, -0.2) is 52.6 Å². The number of piperidine rings is 1. The Kier molecular flexibility index (Phi) is 7.95. The van der Waals surface area contributed by atoms with Crippen LogP contribution in [0.1, 0.15) is 74.2 Å². The van der Waals surface area contributed by atoms with Gasteiger partial charge in [0, 0.05) is 48.3 Å². The summed E-state index contributed by atoms with van der Waals surface area (Å²) in [7, 11) is 0. The number of hydrogen-bond donors (Lipinski definition) is 1. The molecule has 39 heavy (non-hydrogen) atoms. The number of carboxylic acids is 1. The summed E-state index contributed by atoms with van der Waals surface area (Å²) in [6.07, 6.45) is 7.28. The number of anilines is 1. The van der Waals surface area contributed by atoms with Crippen LogP contribution in [0.5, 0.6) is 0 Å². The maximum absolute atomic E-state index is 13.5. The van der Waals surface area contributed by atoms with E-state index in [9.17, 15) is 14.7 Å². The lowest BCUT2D eigenvalue weighted by molar-refractivity contribution is -0.132. The third kappa shape index (κ3) is 5.16. The van der Waals surface area contributed by atoms with Gasteiger partial charge in [-0.25, -0.2) is 4.79 Å². The summed E-state index contributed by atoms with van der Waals surface area (Å²) in [5.74, 6) is 0.847. The summed E-state index contributed by atoms with van der Waals surface area (Å²) in [6.45, 7) is 7.97. The number of amides is 1. The molecule has 6 rings (SSSR count). The minimum Gasteiger partial charge on any atom is -0.478 e. The van der Waals surface area contributed by atoms with Gasteiger partial charge in [0.1, 0.15) is 0 Å². The molecule has 3 aliphatic rings. The van der Waals surface area contributed by atoms with Crippen LogP contribution in [0, 0.1) is 11.8 Å². The summed E-state index contributed by atoms with van der Waals surface area (Å²) in [5.41, 5.74) is 6.19. The molecule has 1 saturated heterocycles. The summed E-state index contributed by atoms with van der Waals surface area (Å²) in [6, 6.07) is 14.2. The smallest absolute Gasteiger partial charge is 0.335 e. The van der Waals surface area contributed by atoms with Crippen molar-refractivity contribution in [2.24, 2.45) is 11.8 Å². The molecule has 0 spiro atoms. The number of fused-ring (bicyclic) bond motifs is 5. The average Bonchev–Trinajstić information content (AvgIpc) is 3.15. The predicted octanol–water partition coefficient (Wildman–Crippen LogP) is 6.80. The van der Waals surface area contributed by atoms with E-state index >= 15 is 0 Å². The highest BCUT2D eigenvalue weighted by Crippen LogP contribution is 2.47. The highest BCUT2D eigenvalue weighted by Gasteiger charge is 2.32. The van der Waals surface area contributed by atoms with Crippen molar-refractivity contribution in [3.63, 3.8) is 0 Å². The van der Waals surface area contributed by atoms with Gasteiger partial charge in [-0.1, -0.05) is 57.4 Å². The molecule has 7 heteroatoms. The summed E-state index contributed by atoms with van der Waals surface area (Å²) in [5, 5.41) is 10.9. The zero-order valence-electron chi connectivity index (χ0n) is 23.1. The lowest BCUT2D eigenvalue weighted by Gasteiger charge is -2.36. The van der Waals surface area contributed by atoms with E-state index in [-0.39, 0.29) is 18.3 Å². The van der Waals surface area contributed by atoms with E-state index in [2.05, 4.69) is 52.5 Å².